The predicted molar refractivity (Wildman–Crippen MR) is 120 cm³/mol. The summed E-state index contributed by atoms with van der Waals surface area (Å²) in [6.07, 6.45) is 0. The summed E-state index contributed by atoms with van der Waals surface area (Å²) in [5.41, 5.74) is 4.09. The van der Waals surface area contributed by atoms with Gasteiger partial charge in [-0.1, -0.05) is 12.1 Å². The summed E-state index contributed by atoms with van der Waals surface area (Å²) in [6.45, 7) is 0.122. The van der Waals surface area contributed by atoms with Crippen LogP contribution >= 0.6 is 0 Å². The van der Waals surface area contributed by atoms with Crippen LogP contribution in [0.5, 0.6) is 5.75 Å². The third-order valence-corrected chi connectivity index (χ3v) is 5.40. The maximum absolute atomic E-state index is 12.7. The normalized spacial score (nSPS) is 12.2. The Hall–Kier alpha value is -3.96. The number of ether oxygens (including phenoxy) is 1. The number of nitrogens with one attached hydrogen (secondary N) is 3. The van der Waals surface area contributed by atoms with Crippen molar-refractivity contribution in [1.29, 1.82) is 0 Å². The van der Waals surface area contributed by atoms with E-state index in [1.165, 1.54) is 13.2 Å². The molecule has 0 aromatic heterocycles. The average Bonchev–Trinajstić information content (AvgIpc) is 2.91. The SMILES string of the molecule is COc1cc(-c2ccc3c(c2)Nc2cc(CN[SH](=O)=O)ccc2NC3=O)ccc1[N+](=O)[O-]. The number of fused-ring (bicyclic) bond motifs is 2. The van der Waals surface area contributed by atoms with Crippen molar-refractivity contribution in [2.75, 3.05) is 17.7 Å². The zero-order valence-corrected chi connectivity index (χ0v) is 17.6. The lowest BCUT2D eigenvalue weighted by molar-refractivity contribution is -0.385. The highest BCUT2D eigenvalue weighted by molar-refractivity contribution is 7.70. The first-order chi connectivity index (χ1) is 15.4. The molecule has 3 aromatic rings. The van der Waals surface area contributed by atoms with Gasteiger partial charge in [-0.3, -0.25) is 14.9 Å². The lowest BCUT2D eigenvalue weighted by Gasteiger charge is -2.12. The molecule has 0 spiro atoms. The van der Waals surface area contributed by atoms with E-state index < -0.39 is 15.8 Å². The van der Waals surface area contributed by atoms with Gasteiger partial charge in [0.15, 0.2) is 5.75 Å². The van der Waals surface area contributed by atoms with E-state index in [2.05, 4.69) is 15.4 Å². The molecule has 0 bridgehead atoms. The third-order valence-electron chi connectivity index (χ3n) is 4.99. The van der Waals surface area contributed by atoms with Crippen LogP contribution in [0.15, 0.2) is 54.6 Å². The van der Waals surface area contributed by atoms with Gasteiger partial charge in [0.25, 0.3) is 5.91 Å². The Morgan fingerprint density at radius 3 is 2.44 bits per heavy atom. The molecule has 0 aliphatic carbocycles. The van der Waals surface area contributed by atoms with Gasteiger partial charge >= 0.3 is 5.69 Å². The number of nitro benzene ring substituents is 1. The van der Waals surface area contributed by atoms with Crippen LogP contribution in [0.1, 0.15) is 15.9 Å². The Morgan fingerprint density at radius 1 is 0.969 bits per heavy atom. The molecule has 3 N–H and O–H groups in total. The Kier molecular flexibility index (Phi) is 5.75. The van der Waals surface area contributed by atoms with Gasteiger partial charge in [-0.15, -0.1) is 0 Å². The molecule has 11 heteroatoms. The second kappa shape index (κ2) is 8.65. The smallest absolute Gasteiger partial charge is 0.310 e. The van der Waals surface area contributed by atoms with Crippen molar-refractivity contribution < 1.29 is 22.9 Å². The molecule has 0 fully saturated rings. The average molecular weight is 454 g/mol. The Bertz CT molecular complexity index is 1310. The van der Waals surface area contributed by atoms with E-state index in [0.29, 0.717) is 33.8 Å². The van der Waals surface area contributed by atoms with Crippen LogP contribution in [0, 0.1) is 10.1 Å². The molecule has 1 aliphatic heterocycles. The highest BCUT2D eigenvalue weighted by Gasteiger charge is 2.21. The number of thiol groups is 1. The fourth-order valence-electron chi connectivity index (χ4n) is 3.44. The number of hydrogen-bond acceptors (Lipinski definition) is 7. The minimum atomic E-state index is -2.72. The number of nitrogens with zero attached hydrogens (tertiary/aromatic N) is 1. The fraction of sp³-hybridized carbons (Fsp3) is 0.0952. The third kappa shape index (κ3) is 4.24. The predicted octanol–water partition coefficient (Wildman–Crippen LogP) is 3.20. The van der Waals surface area contributed by atoms with E-state index in [4.69, 9.17) is 4.74 Å². The minimum absolute atomic E-state index is 0.122. The van der Waals surface area contributed by atoms with Crippen LogP contribution in [0.4, 0.5) is 22.7 Å². The van der Waals surface area contributed by atoms with Gasteiger partial charge < -0.3 is 15.4 Å². The van der Waals surface area contributed by atoms with E-state index in [1.54, 1.807) is 48.5 Å². The van der Waals surface area contributed by atoms with Gasteiger partial charge in [0.1, 0.15) is 0 Å². The molecule has 32 heavy (non-hydrogen) atoms. The number of benzene rings is 3. The molecule has 4 rings (SSSR count). The standard InChI is InChI=1S/C21H18N4O6S/c1-31-20-10-14(4-7-19(20)25(27)28)13-3-5-15-17(9-13)23-18-8-12(11-22-32(29)30)2-6-16(18)24-21(15)26/h2-10,23,32H,11H2,1H3,(H,24,26)(H,22,29,30). The van der Waals surface area contributed by atoms with E-state index in [1.807, 2.05) is 0 Å². The van der Waals surface area contributed by atoms with Gasteiger partial charge in [-0.2, -0.15) is 0 Å². The van der Waals surface area contributed by atoms with E-state index in [9.17, 15) is 23.3 Å². The lowest BCUT2D eigenvalue weighted by Crippen LogP contribution is -2.11. The maximum atomic E-state index is 12.7. The first kappa shape index (κ1) is 21.3. The number of carbonyl (C=O) groups is 1. The largest absolute Gasteiger partial charge is 0.490 e. The summed E-state index contributed by atoms with van der Waals surface area (Å²) in [6, 6.07) is 14.9. The monoisotopic (exact) mass is 454 g/mol. The molecule has 0 unspecified atom stereocenters. The van der Waals surface area contributed by atoms with Crippen molar-refractivity contribution in [2.24, 2.45) is 0 Å². The minimum Gasteiger partial charge on any atom is -0.490 e. The van der Waals surface area contributed by atoms with Crippen molar-refractivity contribution in [3.05, 3.63) is 75.8 Å². The second-order valence-corrected chi connectivity index (χ2v) is 7.79. The molecule has 164 valence electrons. The van der Waals surface area contributed by atoms with Crippen LogP contribution in [0.2, 0.25) is 0 Å². The van der Waals surface area contributed by atoms with E-state index in [0.717, 1.165) is 5.56 Å². The number of carbonyl (C=O) groups excluding carboxylic acids is 1. The van der Waals surface area contributed by atoms with E-state index in [-0.39, 0.29) is 23.9 Å². The van der Waals surface area contributed by atoms with Gasteiger partial charge in [0, 0.05) is 12.6 Å². The molecule has 0 saturated carbocycles. The summed E-state index contributed by atoms with van der Waals surface area (Å²) < 4.78 is 29.1. The summed E-state index contributed by atoms with van der Waals surface area (Å²) >= 11 is 0. The Balaban J connectivity index is 1.72. The molecule has 1 heterocycles. The fourth-order valence-corrected chi connectivity index (χ4v) is 3.75. The number of rotatable bonds is 6. The number of hydrogen-bond donors (Lipinski definition) is 4. The molecule has 10 nitrogen and oxygen atoms in total. The highest BCUT2D eigenvalue weighted by atomic mass is 32.2. The summed E-state index contributed by atoms with van der Waals surface area (Å²) in [5, 5.41) is 17.2. The van der Waals surface area contributed by atoms with Crippen LogP contribution in [-0.4, -0.2) is 26.4 Å². The van der Waals surface area contributed by atoms with Crippen LogP contribution in [0.3, 0.4) is 0 Å². The highest BCUT2D eigenvalue weighted by Crippen LogP contribution is 2.37. The van der Waals surface area contributed by atoms with Crippen LogP contribution in [-0.2, 0) is 17.4 Å². The van der Waals surface area contributed by atoms with Crippen molar-refractivity contribution in [1.82, 2.24) is 4.72 Å². The number of anilines is 3. The Labute approximate surface area is 184 Å². The molecule has 1 aliphatic rings. The molecule has 0 radical (unpaired) electrons. The summed E-state index contributed by atoms with van der Waals surface area (Å²) in [7, 11) is -1.36. The zero-order chi connectivity index (χ0) is 22.8. The quantitative estimate of drug-likeness (QED) is 0.255. The molecule has 0 atom stereocenters. The van der Waals surface area contributed by atoms with Gasteiger partial charge in [0.05, 0.1) is 34.7 Å². The lowest BCUT2D eigenvalue weighted by atomic mass is 10.0. The van der Waals surface area contributed by atoms with Crippen molar-refractivity contribution >= 4 is 39.5 Å². The zero-order valence-electron chi connectivity index (χ0n) is 16.7. The molecule has 3 aromatic carbocycles. The number of nitro groups is 1. The summed E-state index contributed by atoms with van der Waals surface area (Å²) in [5.74, 6) is -0.167. The van der Waals surface area contributed by atoms with Crippen molar-refractivity contribution in [3.8, 4) is 16.9 Å². The first-order valence-electron chi connectivity index (χ1n) is 9.42. The molecular weight excluding hydrogens is 436 g/mol. The maximum Gasteiger partial charge on any atom is 0.310 e. The number of methoxy groups -OCH3 is 1. The molecule has 1 amide bonds. The van der Waals surface area contributed by atoms with Gasteiger partial charge in [-0.05, 0) is 53.1 Å². The topological polar surface area (TPSA) is 140 Å². The van der Waals surface area contributed by atoms with Crippen molar-refractivity contribution in [2.45, 2.75) is 6.54 Å². The van der Waals surface area contributed by atoms with Gasteiger partial charge in [0.2, 0.25) is 10.9 Å². The van der Waals surface area contributed by atoms with Crippen molar-refractivity contribution in [3.63, 3.8) is 0 Å². The Morgan fingerprint density at radius 2 is 1.72 bits per heavy atom. The van der Waals surface area contributed by atoms with Crippen LogP contribution < -0.4 is 20.1 Å². The van der Waals surface area contributed by atoms with E-state index >= 15 is 0 Å². The second-order valence-electron chi connectivity index (χ2n) is 6.96. The van der Waals surface area contributed by atoms with Crippen LogP contribution in [0.25, 0.3) is 11.1 Å². The first-order valence-corrected chi connectivity index (χ1v) is 10.6. The summed E-state index contributed by atoms with van der Waals surface area (Å²) in [4.78, 5) is 23.3. The molecule has 0 saturated heterocycles. The van der Waals surface area contributed by atoms with Gasteiger partial charge in [-0.25, -0.2) is 13.1 Å². The number of amides is 1. The molecular formula is C21H18N4O6S.